The molecule has 0 aromatic heterocycles. The van der Waals surface area contributed by atoms with E-state index in [1.165, 1.54) is 50.5 Å². The van der Waals surface area contributed by atoms with Crippen molar-refractivity contribution in [1.29, 1.82) is 0 Å². The Balaban J connectivity index is 1.32. The molecule has 194 valence electrons. The summed E-state index contributed by atoms with van der Waals surface area (Å²) in [6.07, 6.45) is 14.8. The highest BCUT2D eigenvalue weighted by Crippen LogP contribution is 2.67. The first-order valence-corrected chi connectivity index (χ1v) is 15.0. The summed E-state index contributed by atoms with van der Waals surface area (Å²) in [4.78, 5) is 13.7. The van der Waals surface area contributed by atoms with Gasteiger partial charge in [0.05, 0.1) is 0 Å². The number of carbonyl (C=O) groups excluding carboxylic acids is 1. The van der Waals surface area contributed by atoms with Crippen LogP contribution in [0.1, 0.15) is 104 Å². The van der Waals surface area contributed by atoms with Gasteiger partial charge in [-0.1, -0.05) is 90.0 Å². The van der Waals surface area contributed by atoms with Crippen LogP contribution in [0.4, 0.5) is 0 Å². The Labute approximate surface area is 220 Å². The van der Waals surface area contributed by atoms with Crippen molar-refractivity contribution in [3.63, 3.8) is 0 Å². The van der Waals surface area contributed by atoms with Crippen molar-refractivity contribution in [2.24, 2.45) is 52.3 Å². The fraction of sp³-hybridized carbons (Fsp3) is 0.686. The van der Waals surface area contributed by atoms with Crippen molar-refractivity contribution < 1.29 is 4.79 Å². The van der Waals surface area contributed by atoms with Gasteiger partial charge in [-0.2, -0.15) is 0 Å². The summed E-state index contributed by atoms with van der Waals surface area (Å²) >= 11 is 0. The van der Waals surface area contributed by atoms with Gasteiger partial charge in [-0.05, 0) is 103 Å². The van der Waals surface area contributed by atoms with E-state index >= 15 is 0 Å². The SMILES string of the molecule is CC(C)CCC[C@H](C)[C@@H]1CC[C@@H]2[C@H]3CC(=O)[C@H]4C=C(C#Cc5ccccc5)CC[C@]4(C)[C@@H]3CC[C@@]21C. The van der Waals surface area contributed by atoms with Crippen LogP contribution in [-0.4, -0.2) is 5.78 Å². The average Bonchev–Trinajstić information content (AvgIpc) is 3.21. The molecular formula is C35H48O. The van der Waals surface area contributed by atoms with Gasteiger partial charge in [0.15, 0.2) is 0 Å². The topological polar surface area (TPSA) is 17.1 Å². The van der Waals surface area contributed by atoms with Crippen LogP contribution >= 0.6 is 0 Å². The molecule has 0 N–H and O–H groups in total. The van der Waals surface area contributed by atoms with E-state index in [1.807, 2.05) is 18.2 Å². The van der Waals surface area contributed by atoms with Gasteiger partial charge in [0.1, 0.15) is 5.78 Å². The van der Waals surface area contributed by atoms with E-state index in [4.69, 9.17) is 0 Å². The summed E-state index contributed by atoms with van der Waals surface area (Å²) in [5.74, 6) is 11.9. The Morgan fingerprint density at radius 2 is 1.67 bits per heavy atom. The van der Waals surface area contributed by atoms with Crippen LogP contribution in [0.5, 0.6) is 0 Å². The summed E-state index contributed by atoms with van der Waals surface area (Å²) in [5.41, 5.74) is 2.81. The van der Waals surface area contributed by atoms with Crippen molar-refractivity contribution in [2.45, 2.75) is 98.8 Å². The first kappa shape index (κ1) is 25.8. The molecule has 3 saturated carbocycles. The molecule has 0 aliphatic heterocycles. The molecule has 5 rings (SSSR count). The lowest BCUT2D eigenvalue weighted by Crippen LogP contribution is -2.55. The highest BCUT2D eigenvalue weighted by atomic mass is 16.1. The second kappa shape index (κ2) is 10.2. The van der Waals surface area contributed by atoms with Gasteiger partial charge in [-0.3, -0.25) is 4.79 Å². The Morgan fingerprint density at radius 1 is 0.917 bits per heavy atom. The Hall–Kier alpha value is -1.81. The maximum atomic E-state index is 13.7. The van der Waals surface area contributed by atoms with Crippen LogP contribution < -0.4 is 0 Å². The average molecular weight is 485 g/mol. The molecule has 0 bridgehead atoms. The minimum absolute atomic E-state index is 0.0732. The van der Waals surface area contributed by atoms with Gasteiger partial charge in [0.2, 0.25) is 0 Å². The van der Waals surface area contributed by atoms with Gasteiger partial charge >= 0.3 is 0 Å². The molecule has 0 unspecified atom stereocenters. The second-order valence-corrected chi connectivity index (χ2v) is 13.9. The first-order valence-electron chi connectivity index (χ1n) is 15.0. The van der Waals surface area contributed by atoms with E-state index < -0.39 is 0 Å². The number of hydrogen-bond acceptors (Lipinski definition) is 1. The van der Waals surface area contributed by atoms with E-state index in [0.29, 0.717) is 23.0 Å². The summed E-state index contributed by atoms with van der Waals surface area (Å²) in [6.45, 7) is 12.3. The monoisotopic (exact) mass is 484 g/mol. The minimum atomic E-state index is 0.0732. The Morgan fingerprint density at radius 3 is 2.42 bits per heavy atom. The number of carbonyl (C=O) groups is 1. The van der Waals surface area contributed by atoms with Gasteiger partial charge in [-0.25, -0.2) is 0 Å². The molecule has 36 heavy (non-hydrogen) atoms. The van der Waals surface area contributed by atoms with Crippen molar-refractivity contribution in [1.82, 2.24) is 0 Å². The van der Waals surface area contributed by atoms with Gasteiger partial charge in [-0.15, -0.1) is 0 Å². The third kappa shape index (κ3) is 4.64. The fourth-order valence-corrected chi connectivity index (χ4v) is 9.46. The van der Waals surface area contributed by atoms with Crippen LogP contribution in [0.25, 0.3) is 0 Å². The van der Waals surface area contributed by atoms with Crippen molar-refractivity contribution in [3.05, 3.63) is 47.5 Å². The number of fused-ring (bicyclic) bond motifs is 5. The molecule has 0 radical (unpaired) electrons. The summed E-state index contributed by atoms with van der Waals surface area (Å²) in [7, 11) is 0. The van der Waals surface area contributed by atoms with E-state index in [2.05, 4.69) is 64.7 Å². The van der Waals surface area contributed by atoms with E-state index in [0.717, 1.165) is 48.5 Å². The van der Waals surface area contributed by atoms with Crippen LogP contribution in [0.2, 0.25) is 0 Å². The highest BCUT2D eigenvalue weighted by Gasteiger charge is 2.61. The largest absolute Gasteiger partial charge is 0.299 e. The third-order valence-electron chi connectivity index (χ3n) is 11.4. The standard InChI is InChI=1S/C35H48O/c1-24(2)10-9-11-25(3)29-16-17-30-28-23-33(36)32-22-27(15-14-26-12-7-6-8-13-26)18-20-35(32,5)31(28)19-21-34(29,30)4/h6-8,12-13,22,24-25,28-32H,9-11,16-21,23H2,1-5H3/t25-,28+,29-,30+,31+,32+,34+,35+/m0/s1. The predicted molar refractivity (Wildman–Crippen MR) is 150 cm³/mol. The van der Waals surface area contributed by atoms with Gasteiger partial charge in [0.25, 0.3) is 0 Å². The molecular weight excluding hydrogens is 436 g/mol. The predicted octanol–water partition coefficient (Wildman–Crippen LogP) is 8.87. The van der Waals surface area contributed by atoms with E-state index in [-0.39, 0.29) is 11.3 Å². The highest BCUT2D eigenvalue weighted by molar-refractivity contribution is 5.85. The number of allylic oxidation sites excluding steroid dienone is 2. The summed E-state index contributed by atoms with van der Waals surface area (Å²) < 4.78 is 0. The molecule has 4 aliphatic carbocycles. The number of ketones is 1. The molecule has 3 fully saturated rings. The fourth-order valence-electron chi connectivity index (χ4n) is 9.46. The van der Waals surface area contributed by atoms with Crippen molar-refractivity contribution in [2.75, 3.05) is 0 Å². The van der Waals surface area contributed by atoms with Crippen LogP contribution in [0, 0.1) is 64.1 Å². The summed E-state index contributed by atoms with van der Waals surface area (Å²) in [5, 5.41) is 0. The van der Waals surface area contributed by atoms with Crippen LogP contribution in [0.3, 0.4) is 0 Å². The number of benzene rings is 1. The Bertz CT molecular complexity index is 1040. The molecule has 4 aliphatic rings. The molecule has 0 spiro atoms. The number of rotatable bonds is 5. The van der Waals surface area contributed by atoms with E-state index in [1.54, 1.807) is 0 Å². The summed E-state index contributed by atoms with van der Waals surface area (Å²) in [6, 6.07) is 10.2. The second-order valence-electron chi connectivity index (χ2n) is 13.9. The van der Waals surface area contributed by atoms with Crippen LogP contribution in [-0.2, 0) is 4.79 Å². The molecule has 0 amide bonds. The lowest BCUT2D eigenvalue weighted by Gasteiger charge is -2.59. The zero-order valence-electron chi connectivity index (χ0n) is 23.5. The lowest BCUT2D eigenvalue weighted by atomic mass is 9.44. The molecule has 1 aromatic carbocycles. The molecule has 1 heteroatoms. The van der Waals surface area contributed by atoms with Crippen LogP contribution in [0.15, 0.2) is 42.0 Å². The Kier molecular flexibility index (Phi) is 7.29. The van der Waals surface area contributed by atoms with Crippen molar-refractivity contribution in [3.8, 4) is 11.8 Å². The smallest absolute Gasteiger partial charge is 0.140 e. The molecule has 1 nitrogen and oxygen atoms in total. The maximum absolute atomic E-state index is 13.7. The zero-order valence-corrected chi connectivity index (χ0v) is 23.5. The molecule has 1 aromatic rings. The lowest BCUT2D eigenvalue weighted by molar-refractivity contribution is -0.146. The maximum Gasteiger partial charge on any atom is 0.140 e. The third-order valence-corrected chi connectivity index (χ3v) is 11.4. The molecule has 8 atom stereocenters. The van der Waals surface area contributed by atoms with E-state index in [9.17, 15) is 4.79 Å². The van der Waals surface area contributed by atoms with Crippen molar-refractivity contribution >= 4 is 5.78 Å². The zero-order chi connectivity index (χ0) is 25.5. The molecule has 0 heterocycles. The molecule has 0 saturated heterocycles. The first-order chi connectivity index (χ1) is 17.2. The van der Waals surface area contributed by atoms with Gasteiger partial charge in [0, 0.05) is 17.9 Å². The normalized spacial score (nSPS) is 38.3. The number of Topliss-reactive ketones (excluding diaryl/α,β-unsaturated/α-hetero) is 1. The van der Waals surface area contributed by atoms with Gasteiger partial charge < -0.3 is 0 Å². The minimum Gasteiger partial charge on any atom is -0.299 e. The quantitative estimate of drug-likeness (QED) is 0.381. The number of hydrogen-bond donors (Lipinski definition) is 0.